The number of amides is 1. The summed E-state index contributed by atoms with van der Waals surface area (Å²) in [5.74, 6) is -0.00137. The average molecular weight is 257 g/mol. The third kappa shape index (κ3) is 4.75. The fraction of sp³-hybridized carbons (Fsp3) is 0.462. The third-order valence-electron chi connectivity index (χ3n) is 2.69. The first-order valence-corrected chi connectivity index (χ1v) is 5.55. The number of aryl methyl sites for hydroxylation is 1. The maximum absolute atomic E-state index is 11.8. The summed E-state index contributed by atoms with van der Waals surface area (Å²) in [6, 6.07) is 8.21. The molecule has 0 aliphatic heterocycles. The number of rotatable bonds is 4. The average Bonchev–Trinajstić information content (AvgIpc) is 2.30. The van der Waals surface area contributed by atoms with Gasteiger partial charge in [-0.3, -0.25) is 4.79 Å². The molecule has 0 aromatic heterocycles. The molecule has 3 nitrogen and oxygen atoms in total. The Kier molecular flexibility index (Phi) is 6.85. The predicted molar refractivity (Wildman–Crippen MR) is 73.1 cm³/mol. The van der Waals surface area contributed by atoms with Crippen molar-refractivity contribution >= 4 is 18.3 Å². The molecule has 96 valence electrons. The number of nitrogens with zero attached hydrogens (tertiary/aromatic N) is 1. The van der Waals surface area contributed by atoms with Crippen LogP contribution in [-0.2, 0) is 11.3 Å². The first-order valence-electron chi connectivity index (χ1n) is 5.55. The molecule has 0 saturated heterocycles. The van der Waals surface area contributed by atoms with Crippen LogP contribution in [0.3, 0.4) is 0 Å². The van der Waals surface area contributed by atoms with Gasteiger partial charge in [0.25, 0.3) is 0 Å². The van der Waals surface area contributed by atoms with Crippen LogP contribution < -0.4 is 5.73 Å². The van der Waals surface area contributed by atoms with Crippen molar-refractivity contribution in [3.8, 4) is 0 Å². The van der Waals surface area contributed by atoms with Crippen LogP contribution in [0.15, 0.2) is 24.3 Å². The predicted octanol–water partition coefficient (Wildman–Crippen LogP) is 1.97. The number of benzene rings is 1. The zero-order chi connectivity index (χ0) is 12.1. The van der Waals surface area contributed by atoms with E-state index in [9.17, 15) is 4.79 Å². The molecule has 1 aromatic carbocycles. The van der Waals surface area contributed by atoms with Crippen molar-refractivity contribution in [3.63, 3.8) is 0 Å². The molecule has 1 amide bonds. The number of hydrogen-bond donors (Lipinski definition) is 1. The summed E-state index contributed by atoms with van der Waals surface area (Å²) in [6.07, 6.45) is 0. The Morgan fingerprint density at radius 1 is 1.35 bits per heavy atom. The van der Waals surface area contributed by atoms with Gasteiger partial charge in [0.1, 0.15) is 0 Å². The molecule has 1 rings (SSSR count). The van der Waals surface area contributed by atoms with E-state index in [0.29, 0.717) is 13.1 Å². The quantitative estimate of drug-likeness (QED) is 0.895. The molecule has 1 atom stereocenters. The van der Waals surface area contributed by atoms with E-state index >= 15 is 0 Å². The number of halogens is 1. The van der Waals surface area contributed by atoms with E-state index < -0.39 is 0 Å². The lowest BCUT2D eigenvalue weighted by atomic mass is 10.1. The van der Waals surface area contributed by atoms with E-state index in [1.54, 1.807) is 4.90 Å². The summed E-state index contributed by atoms with van der Waals surface area (Å²) in [5.41, 5.74) is 7.85. The smallest absolute Gasteiger partial charge is 0.226 e. The largest absolute Gasteiger partial charge is 0.341 e. The molecule has 0 spiro atoms. The molecule has 0 aliphatic carbocycles. The van der Waals surface area contributed by atoms with E-state index in [2.05, 4.69) is 19.1 Å². The lowest BCUT2D eigenvalue weighted by molar-refractivity contribution is -0.133. The first-order chi connectivity index (χ1) is 7.54. The highest BCUT2D eigenvalue weighted by Crippen LogP contribution is 2.08. The number of nitrogens with two attached hydrogens (primary N) is 1. The molecule has 2 N–H and O–H groups in total. The van der Waals surface area contributed by atoms with Crippen LogP contribution in [0.2, 0.25) is 0 Å². The van der Waals surface area contributed by atoms with Crippen molar-refractivity contribution in [2.24, 2.45) is 11.7 Å². The molecule has 0 aliphatic rings. The molecule has 0 fully saturated rings. The first kappa shape index (κ1) is 15.9. The van der Waals surface area contributed by atoms with Crippen LogP contribution in [0, 0.1) is 12.8 Å². The van der Waals surface area contributed by atoms with E-state index in [0.717, 1.165) is 5.56 Å². The Morgan fingerprint density at radius 2 is 1.88 bits per heavy atom. The summed E-state index contributed by atoms with van der Waals surface area (Å²) in [7, 11) is 1.81. The van der Waals surface area contributed by atoms with E-state index in [-0.39, 0.29) is 24.2 Å². The minimum atomic E-state index is -0.101. The second-order valence-electron chi connectivity index (χ2n) is 4.32. The summed E-state index contributed by atoms with van der Waals surface area (Å²) in [6.45, 7) is 4.95. The van der Waals surface area contributed by atoms with Gasteiger partial charge in [0.15, 0.2) is 0 Å². The van der Waals surface area contributed by atoms with Crippen LogP contribution in [0.4, 0.5) is 0 Å². The van der Waals surface area contributed by atoms with Crippen LogP contribution in [0.5, 0.6) is 0 Å². The SMILES string of the molecule is Cc1ccc(CN(C)C(=O)C(C)CN)cc1.Cl. The molecule has 0 heterocycles. The van der Waals surface area contributed by atoms with Crippen molar-refractivity contribution in [1.29, 1.82) is 0 Å². The topological polar surface area (TPSA) is 46.3 Å². The van der Waals surface area contributed by atoms with Gasteiger partial charge in [-0.05, 0) is 12.5 Å². The standard InChI is InChI=1S/C13H20N2O.ClH/c1-10-4-6-12(7-5-10)9-15(3)13(16)11(2)8-14;/h4-7,11H,8-9,14H2,1-3H3;1H. The number of carbonyl (C=O) groups is 1. The molecule has 4 heteroatoms. The van der Waals surface area contributed by atoms with E-state index in [1.807, 2.05) is 26.1 Å². The lowest BCUT2D eigenvalue weighted by Crippen LogP contribution is -2.34. The summed E-state index contributed by atoms with van der Waals surface area (Å²) in [4.78, 5) is 13.5. The third-order valence-corrected chi connectivity index (χ3v) is 2.69. The van der Waals surface area contributed by atoms with E-state index in [4.69, 9.17) is 5.73 Å². The maximum atomic E-state index is 11.8. The van der Waals surface area contributed by atoms with Crippen LogP contribution in [0.1, 0.15) is 18.1 Å². The van der Waals surface area contributed by atoms with Crippen LogP contribution in [-0.4, -0.2) is 24.4 Å². The molecule has 0 bridgehead atoms. The Morgan fingerprint density at radius 3 is 2.35 bits per heavy atom. The summed E-state index contributed by atoms with van der Waals surface area (Å²) >= 11 is 0. The Balaban J connectivity index is 0.00000256. The molecule has 17 heavy (non-hydrogen) atoms. The van der Waals surface area contributed by atoms with Gasteiger partial charge in [0.2, 0.25) is 5.91 Å². The highest BCUT2D eigenvalue weighted by atomic mass is 35.5. The molecule has 1 unspecified atom stereocenters. The second-order valence-corrected chi connectivity index (χ2v) is 4.32. The molecular weight excluding hydrogens is 236 g/mol. The van der Waals surface area contributed by atoms with Gasteiger partial charge >= 0.3 is 0 Å². The zero-order valence-electron chi connectivity index (χ0n) is 10.6. The van der Waals surface area contributed by atoms with Gasteiger partial charge in [-0.1, -0.05) is 36.8 Å². The summed E-state index contributed by atoms with van der Waals surface area (Å²) < 4.78 is 0. The van der Waals surface area contributed by atoms with Gasteiger partial charge in [-0.25, -0.2) is 0 Å². The van der Waals surface area contributed by atoms with Crippen molar-refractivity contribution in [2.45, 2.75) is 20.4 Å². The zero-order valence-corrected chi connectivity index (χ0v) is 11.5. The summed E-state index contributed by atoms with van der Waals surface area (Å²) in [5, 5.41) is 0. The van der Waals surface area contributed by atoms with Crippen molar-refractivity contribution < 1.29 is 4.79 Å². The normalized spacial score (nSPS) is 11.5. The molecular formula is C13H21ClN2O. The Hall–Kier alpha value is -1.06. The highest BCUT2D eigenvalue weighted by molar-refractivity contribution is 5.85. The van der Waals surface area contributed by atoms with Gasteiger partial charge in [-0.2, -0.15) is 0 Å². The minimum absolute atomic E-state index is 0. The van der Waals surface area contributed by atoms with Crippen LogP contribution >= 0.6 is 12.4 Å². The monoisotopic (exact) mass is 256 g/mol. The minimum Gasteiger partial charge on any atom is -0.341 e. The fourth-order valence-corrected chi connectivity index (χ4v) is 1.52. The van der Waals surface area contributed by atoms with Crippen molar-refractivity contribution in [2.75, 3.05) is 13.6 Å². The van der Waals surface area contributed by atoms with Gasteiger partial charge < -0.3 is 10.6 Å². The van der Waals surface area contributed by atoms with Crippen molar-refractivity contribution in [1.82, 2.24) is 4.90 Å². The molecule has 0 radical (unpaired) electrons. The van der Waals surface area contributed by atoms with Gasteiger partial charge in [0.05, 0.1) is 0 Å². The second kappa shape index (κ2) is 7.30. The Bertz CT molecular complexity index is 351. The van der Waals surface area contributed by atoms with E-state index in [1.165, 1.54) is 5.56 Å². The fourth-order valence-electron chi connectivity index (χ4n) is 1.52. The molecule has 0 saturated carbocycles. The lowest BCUT2D eigenvalue weighted by Gasteiger charge is -2.20. The molecule has 1 aromatic rings. The number of hydrogen-bond acceptors (Lipinski definition) is 2. The van der Waals surface area contributed by atoms with Crippen molar-refractivity contribution in [3.05, 3.63) is 35.4 Å². The number of carbonyl (C=O) groups excluding carboxylic acids is 1. The van der Waals surface area contributed by atoms with Gasteiger partial charge in [-0.15, -0.1) is 12.4 Å². The highest BCUT2D eigenvalue weighted by Gasteiger charge is 2.15. The Labute approximate surface area is 109 Å². The van der Waals surface area contributed by atoms with Crippen LogP contribution in [0.25, 0.3) is 0 Å². The maximum Gasteiger partial charge on any atom is 0.226 e. The van der Waals surface area contributed by atoms with Gasteiger partial charge in [0, 0.05) is 26.1 Å².